The van der Waals surface area contributed by atoms with Gasteiger partial charge in [0.15, 0.2) is 5.78 Å². The average molecular weight is 297 g/mol. The normalized spacial score (nSPS) is 11.9. The second-order valence-corrected chi connectivity index (χ2v) is 5.23. The van der Waals surface area contributed by atoms with E-state index >= 15 is 0 Å². The van der Waals surface area contributed by atoms with Gasteiger partial charge in [-0.15, -0.1) is 0 Å². The van der Waals surface area contributed by atoms with Gasteiger partial charge < -0.3 is 10.8 Å². The number of aliphatic carboxylic acids is 1. The predicted octanol–water partition coefficient (Wildman–Crippen LogP) is 2.65. The van der Waals surface area contributed by atoms with Crippen LogP contribution in [0.5, 0.6) is 0 Å². The minimum absolute atomic E-state index is 0.0000458. The molecular formula is C18H19NO3. The third kappa shape index (κ3) is 4.27. The highest BCUT2D eigenvalue weighted by molar-refractivity contribution is 6.08. The third-order valence-corrected chi connectivity index (χ3v) is 3.55. The molecule has 0 bridgehead atoms. The number of carboxylic acids is 1. The molecule has 0 fully saturated rings. The van der Waals surface area contributed by atoms with Crippen LogP contribution in [-0.2, 0) is 11.2 Å². The molecule has 0 amide bonds. The molecule has 0 aliphatic rings. The van der Waals surface area contributed by atoms with Crippen molar-refractivity contribution >= 4 is 11.8 Å². The fourth-order valence-electron chi connectivity index (χ4n) is 2.23. The van der Waals surface area contributed by atoms with Gasteiger partial charge in [-0.2, -0.15) is 0 Å². The molecule has 0 unspecified atom stereocenters. The Morgan fingerprint density at radius 1 is 0.955 bits per heavy atom. The Morgan fingerprint density at radius 3 is 2.14 bits per heavy atom. The van der Waals surface area contributed by atoms with E-state index in [0.29, 0.717) is 24.0 Å². The smallest absolute Gasteiger partial charge is 0.320 e. The van der Waals surface area contributed by atoms with E-state index in [1.54, 1.807) is 12.1 Å². The number of carbonyl (C=O) groups excluding carboxylic acids is 1. The highest BCUT2D eigenvalue weighted by Gasteiger charge is 2.11. The second kappa shape index (κ2) is 7.52. The minimum atomic E-state index is -0.969. The minimum Gasteiger partial charge on any atom is -0.480 e. The van der Waals surface area contributed by atoms with E-state index in [9.17, 15) is 9.59 Å². The summed E-state index contributed by atoms with van der Waals surface area (Å²) in [6.07, 6.45) is 1.90. The van der Waals surface area contributed by atoms with Crippen molar-refractivity contribution in [2.75, 3.05) is 0 Å². The maximum atomic E-state index is 12.3. The number of aryl methyl sites for hydroxylation is 1. The van der Waals surface area contributed by atoms with E-state index in [1.807, 2.05) is 42.5 Å². The van der Waals surface area contributed by atoms with Crippen LogP contribution in [0.15, 0.2) is 54.6 Å². The van der Waals surface area contributed by atoms with Gasteiger partial charge in [-0.1, -0.05) is 54.6 Å². The Hall–Kier alpha value is -2.46. The number of hydrogen-bond acceptors (Lipinski definition) is 3. The first-order valence-electron chi connectivity index (χ1n) is 7.25. The summed E-state index contributed by atoms with van der Waals surface area (Å²) in [6.45, 7) is 0. The van der Waals surface area contributed by atoms with Crippen molar-refractivity contribution in [3.63, 3.8) is 0 Å². The molecule has 0 aliphatic carbocycles. The first kappa shape index (κ1) is 15.9. The van der Waals surface area contributed by atoms with Crippen LogP contribution in [0.3, 0.4) is 0 Å². The number of carbonyl (C=O) groups is 2. The standard InChI is InChI=1S/C18H19NO3/c19-16(18(21)22)8-4-5-13-9-11-15(12-10-13)17(20)14-6-2-1-3-7-14/h1-3,6-7,9-12,16H,4-5,8,19H2,(H,21,22)/t16-/m1/s1. The highest BCUT2D eigenvalue weighted by atomic mass is 16.4. The van der Waals surface area contributed by atoms with Crippen molar-refractivity contribution in [2.45, 2.75) is 25.3 Å². The van der Waals surface area contributed by atoms with Gasteiger partial charge in [-0.05, 0) is 24.8 Å². The largest absolute Gasteiger partial charge is 0.480 e. The Bertz CT molecular complexity index is 635. The molecule has 4 nitrogen and oxygen atoms in total. The van der Waals surface area contributed by atoms with Gasteiger partial charge in [0.2, 0.25) is 0 Å². The molecule has 3 N–H and O–H groups in total. The van der Waals surface area contributed by atoms with Crippen LogP contribution in [0.1, 0.15) is 34.3 Å². The van der Waals surface area contributed by atoms with E-state index in [1.165, 1.54) is 0 Å². The molecule has 0 spiro atoms. The maximum Gasteiger partial charge on any atom is 0.320 e. The molecule has 1 atom stereocenters. The van der Waals surface area contributed by atoms with Crippen LogP contribution in [0.4, 0.5) is 0 Å². The fraction of sp³-hybridized carbons (Fsp3) is 0.222. The van der Waals surface area contributed by atoms with Gasteiger partial charge in [0.1, 0.15) is 6.04 Å². The molecule has 0 radical (unpaired) electrons. The SMILES string of the molecule is N[C@H](CCCc1ccc(C(=O)c2ccccc2)cc1)C(=O)O. The van der Waals surface area contributed by atoms with Crippen LogP contribution in [-0.4, -0.2) is 22.9 Å². The average Bonchev–Trinajstić information content (AvgIpc) is 2.55. The Morgan fingerprint density at radius 2 is 1.55 bits per heavy atom. The molecular weight excluding hydrogens is 278 g/mol. The number of rotatable bonds is 7. The molecule has 0 saturated carbocycles. The predicted molar refractivity (Wildman–Crippen MR) is 84.9 cm³/mol. The molecule has 4 heteroatoms. The van der Waals surface area contributed by atoms with Gasteiger partial charge in [-0.3, -0.25) is 9.59 Å². The van der Waals surface area contributed by atoms with E-state index in [-0.39, 0.29) is 5.78 Å². The van der Waals surface area contributed by atoms with E-state index < -0.39 is 12.0 Å². The van der Waals surface area contributed by atoms with Crippen LogP contribution in [0.2, 0.25) is 0 Å². The second-order valence-electron chi connectivity index (χ2n) is 5.23. The van der Waals surface area contributed by atoms with Crippen molar-refractivity contribution < 1.29 is 14.7 Å². The summed E-state index contributed by atoms with van der Waals surface area (Å²) < 4.78 is 0. The van der Waals surface area contributed by atoms with Crippen LogP contribution < -0.4 is 5.73 Å². The van der Waals surface area contributed by atoms with E-state index in [4.69, 9.17) is 10.8 Å². The molecule has 0 aromatic heterocycles. The summed E-state index contributed by atoms with van der Waals surface area (Å²) in [5, 5.41) is 8.72. The van der Waals surface area contributed by atoms with Crippen molar-refractivity contribution in [3.8, 4) is 0 Å². The lowest BCUT2D eigenvalue weighted by molar-refractivity contribution is -0.138. The first-order chi connectivity index (χ1) is 10.6. The summed E-state index contributed by atoms with van der Waals surface area (Å²) in [7, 11) is 0. The van der Waals surface area contributed by atoms with Gasteiger partial charge in [-0.25, -0.2) is 0 Å². The number of benzene rings is 2. The Balaban J connectivity index is 1.93. The quantitative estimate of drug-likeness (QED) is 0.770. The Kier molecular flexibility index (Phi) is 5.44. The number of nitrogens with two attached hydrogens (primary N) is 1. The Labute approximate surface area is 129 Å². The van der Waals surface area contributed by atoms with E-state index in [0.717, 1.165) is 12.0 Å². The van der Waals surface area contributed by atoms with Crippen molar-refractivity contribution in [1.82, 2.24) is 0 Å². The fourth-order valence-corrected chi connectivity index (χ4v) is 2.23. The summed E-state index contributed by atoms with van der Waals surface area (Å²) in [4.78, 5) is 22.9. The first-order valence-corrected chi connectivity index (χ1v) is 7.25. The lowest BCUT2D eigenvalue weighted by Gasteiger charge is -2.07. The molecule has 0 saturated heterocycles. The molecule has 2 rings (SSSR count). The van der Waals surface area contributed by atoms with Gasteiger partial charge in [0.05, 0.1) is 0 Å². The van der Waals surface area contributed by atoms with E-state index in [2.05, 4.69) is 0 Å². The molecule has 0 aliphatic heterocycles. The zero-order chi connectivity index (χ0) is 15.9. The lowest BCUT2D eigenvalue weighted by atomic mass is 10.00. The number of ketones is 1. The molecule has 114 valence electrons. The summed E-state index contributed by atoms with van der Waals surface area (Å²) >= 11 is 0. The highest BCUT2D eigenvalue weighted by Crippen LogP contribution is 2.13. The van der Waals surface area contributed by atoms with Gasteiger partial charge >= 0.3 is 5.97 Å². The van der Waals surface area contributed by atoms with Gasteiger partial charge in [0, 0.05) is 11.1 Å². The van der Waals surface area contributed by atoms with Gasteiger partial charge in [0.25, 0.3) is 0 Å². The summed E-state index contributed by atoms with van der Waals surface area (Å²) in [5.41, 5.74) is 7.86. The summed E-state index contributed by atoms with van der Waals surface area (Å²) in [5.74, 6) is -0.969. The lowest BCUT2D eigenvalue weighted by Crippen LogP contribution is -2.29. The third-order valence-electron chi connectivity index (χ3n) is 3.55. The van der Waals surface area contributed by atoms with Crippen LogP contribution >= 0.6 is 0 Å². The molecule has 22 heavy (non-hydrogen) atoms. The number of carboxylic acid groups (broad SMARTS) is 1. The van der Waals surface area contributed by atoms with Crippen LogP contribution in [0.25, 0.3) is 0 Å². The van der Waals surface area contributed by atoms with Crippen molar-refractivity contribution in [3.05, 3.63) is 71.3 Å². The maximum absolute atomic E-state index is 12.3. The molecule has 0 heterocycles. The molecule has 2 aromatic rings. The zero-order valence-electron chi connectivity index (χ0n) is 12.2. The molecule has 2 aromatic carbocycles. The number of hydrogen-bond donors (Lipinski definition) is 2. The monoisotopic (exact) mass is 297 g/mol. The zero-order valence-corrected chi connectivity index (χ0v) is 12.2. The topological polar surface area (TPSA) is 80.4 Å². The van der Waals surface area contributed by atoms with Crippen molar-refractivity contribution in [1.29, 1.82) is 0 Å². The summed E-state index contributed by atoms with van der Waals surface area (Å²) in [6, 6.07) is 15.8. The van der Waals surface area contributed by atoms with Crippen molar-refractivity contribution in [2.24, 2.45) is 5.73 Å². The van der Waals surface area contributed by atoms with Crippen LogP contribution in [0, 0.1) is 0 Å².